The minimum Gasteiger partial charge on any atom is -0.289 e. The molecule has 0 radical (unpaired) electrons. The summed E-state index contributed by atoms with van der Waals surface area (Å²) >= 11 is 0. The Labute approximate surface area is 160 Å². The first-order valence-corrected chi connectivity index (χ1v) is 10.5. The first-order chi connectivity index (χ1) is 12.6. The molecule has 0 saturated carbocycles. The number of hydrazine groups is 1. The van der Waals surface area contributed by atoms with E-state index in [2.05, 4.69) is 5.43 Å². The van der Waals surface area contributed by atoms with Crippen LogP contribution in [0.15, 0.2) is 36.4 Å². The standard InChI is InChI=1S/C18H27N3O5S/c1-13(2)12-16(17(22)19-21-27(3,25)26)15(18(23)20-24)11-7-10-14-8-5-4-6-9-14/h4-10,13,15-16,21,24H,11-12H2,1-3H3,(H,19,22)(H,20,23)/t15-,16?/m0/s1. The van der Waals surface area contributed by atoms with Crippen LogP contribution in [0, 0.1) is 17.8 Å². The number of amides is 2. The summed E-state index contributed by atoms with van der Waals surface area (Å²) in [7, 11) is -3.63. The molecular weight excluding hydrogens is 370 g/mol. The number of benzene rings is 1. The molecule has 0 aromatic heterocycles. The number of carbonyl (C=O) groups is 2. The van der Waals surface area contributed by atoms with Crippen LogP contribution in [0.2, 0.25) is 0 Å². The van der Waals surface area contributed by atoms with E-state index < -0.39 is 33.7 Å². The predicted octanol–water partition coefficient (Wildman–Crippen LogP) is 1.45. The van der Waals surface area contributed by atoms with Crippen molar-refractivity contribution in [3.63, 3.8) is 0 Å². The molecule has 150 valence electrons. The number of nitrogens with one attached hydrogen (secondary N) is 3. The van der Waals surface area contributed by atoms with Gasteiger partial charge < -0.3 is 0 Å². The molecule has 8 nitrogen and oxygen atoms in total. The van der Waals surface area contributed by atoms with E-state index in [4.69, 9.17) is 5.21 Å². The monoisotopic (exact) mass is 397 g/mol. The molecular formula is C18H27N3O5S. The molecule has 0 aliphatic carbocycles. The number of sulfonamides is 1. The molecule has 2 atom stereocenters. The van der Waals surface area contributed by atoms with E-state index >= 15 is 0 Å². The minimum absolute atomic E-state index is 0.0751. The molecule has 27 heavy (non-hydrogen) atoms. The number of rotatable bonds is 10. The fraction of sp³-hybridized carbons (Fsp3) is 0.444. The second-order valence-corrected chi connectivity index (χ2v) is 8.48. The van der Waals surface area contributed by atoms with Crippen molar-refractivity contribution >= 4 is 27.9 Å². The third-order valence-electron chi connectivity index (χ3n) is 3.85. The molecule has 1 aromatic rings. The van der Waals surface area contributed by atoms with Gasteiger partial charge in [0.25, 0.3) is 0 Å². The van der Waals surface area contributed by atoms with Crippen molar-refractivity contribution in [3.8, 4) is 0 Å². The molecule has 9 heteroatoms. The highest BCUT2D eigenvalue weighted by Crippen LogP contribution is 2.25. The summed E-state index contributed by atoms with van der Waals surface area (Å²) < 4.78 is 22.4. The van der Waals surface area contributed by atoms with E-state index in [0.717, 1.165) is 11.8 Å². The minimum atomic E-state index is -3.63. The lowest BCUT2D eigenvalue weighted by molar-refractivity contribution is -0.140. The van der Waals surface area contributed by atoms with E-state index in [0.29, 0.717) is 6.42 Å². The van der Waals surface area contributed by atoms with Crippen LogP contribution in [0.1, 0.15) is 32.3 Å². The Balaban J connectivity index is 2.99. The van der Waals surface area contributed by atoms with Gasteiger partial charge in [0.1, 0.15) is 0 Å². The van der Waals surface area contributed by atoms with Crippen molar-refractivity contribution in [1.82, 2.24) is 15.7 Å². The molecule has 1 rings (SSSR count). The van der Waals surface area contributed by atoms with E-state index in [1.54, 1.807) is 11.6 Å². The van der Waals surface area contributed by atoms with Crippen molar-refractivity contribution in [2.24, 2.45) is 17.8 Å². The maximum Gasteiger partial charge on any atom is 0.247 e. The van der Waals surface area contributed by atoms with E-state index in [1.807, 2.05) is 55.1 Å². The van der Waals surface area contributed by atoms with Crippen molar-refractivity contribution in [2.45, 2.75) is 26.7 Å². The predicted molar refractivity (Wildman–Crippen MR) is 103 cm³/mol. The van der Waals surface area contributed by atoms with E-state index in [9.17, 15) is 18.0 Å². The summed E-state index contributed by atoms with van der Waals surface area (Å²) in [4.78, 5) is 26.6. The average molecular weight is 397 g/mol. The maximum atomic E-state index is 12.5. The van der Waals surface area contributed by atoms with Crippen LogP contribution in [-0.4, -0.2) is 31.7 Å². The smallest absolute Gasteiger partial charge is 0.247 e. The van der Waals surface area contributed by atoms with Crippen molar-refractivity contribution in [3.05, 3.63) is 42.0 Å². The summed E-state index contributed by atoms with van der Waals surface area (Å²) in [6.45, 7) is 3.77. The zero-order chi connectivity index (χ0) is 20.4. The van der Waals surface area contributed by atoms with Crippen molar-refractivity contribution < 1.29 is 23.2 Å². The SMILES string of the molecule is CC(C)CC(C(=O)NNS(C)(=O)=O)[C@H](CC=Cc1ccccc1)C(=O)NO. The van der Waals surface area contributed by atoms with Crippen LogP contribution < -0.4 is 15.7 Å². The quantitative estimate of drug-likeness (QED) is 0.351. The normalized spacial score (nSPS) is 14.1. The van der Waals surface area contributed by atoms with Crippen LogP contribution in [0.25, 0.3) is 6.08 Å². The highest BCUT2D eigenvalue weighted by molar-refractivity contribution is 7.88. The molecule has 1 aromatic carbocycles. The van der Waals surface area contributed by atoms with Gasteiger partial charge in [-0.2, -0.15) is 0 Å². The second-order valence-electron chi connectivity index (χ2n) is 6.73. The summed E-state index contributed by atoms with van der Waals surface area (Å²) in [5.74, 6) is -2.94. The Morgan fingerprint density at radius 1 is 1.11 bits per heavy atom. The lowest BCUT2D eigenvalue weighted by atomic mass is 9.82. The van der Waals surface area contributed by atoms with Crippen LogP contribution in [-0.2, 0) is 19.6 Å². The van der Waals surface area contributed by atoms with Gasteiger partial charge in [-0.15, -0.1) is 4.83 Å². The molecule has 4 N–H and O–H groups in total. The molecule has 0 heterocycles. The van der Waals surface area contributed by atoms with Gasteiger partial charge in [0.15, 0.2) is 0 Å². The largest absolute Gasteiger partial charge is 0.289 e. The van der Waals surface area contributed by atoms with Crippen molar-refractivity contribution in [1.29, 1.82) is 0 Å². The van der Waals surface area contributed by atoms with Gasteiger partial charge in [-0.05, 0) is 24.3 Å². The number of hydrogen-bond donors (Lipinski definition) is 4. The fourth-order valence-electron chi connectivity index (χ4n) is 2.65. The fourth-order valence-corrected chi connectivity index (χ4v) is 2.94. The van der Waals surface area contributed by atoms with Gasteiger partial charge >= 0.3 is 0 Å². The number of carbonyl (C=O) groups excluding carboxylic acids is 2. The Hall–Kier alpha value is -2.23. The zero-order valence-corrected chi connectivity index (χ0v) is 16.5. The molecule has 1 unspecified atom stereocenters. The molecule has 0 aliphatic heterocycles. The molecule has 0 bridgehead atoms. The van der Waals surface area contributed by atoms with E-state index in [1.165, 1.54) is 0 Å². The summed E-state index contributed by atoms with van der Waals surface area (Å²) in [6.07, 6.45) is 5.02. The number of hydroxylamine groups is 1. The zero-order valence-electron chi connectivity index (χ0n) is 15.7. The number of hydrogen-bond acceptors (Lipinski definition) is 5. The Morgan fingerprint density at radius 3 is 2.26 bits per heavy atom. The van der Waals surface area contributed by atoms with Gasteiger partial charge in [-0.25, -0.2) is 13.9 Å². The highest BCUT2D eigenvalue weighted by atomic mass is 32.2. The molecule has 0 saturated heterocycles. The highest BCUT2D eigenvalue weighted by Gasteiger charge is 2.33. The van der Waals surface area contributed by atoms with Crippen LogP contribution >= 0.6 is 0 Å². The van der Waals surface area contributed by atoms with Crippen LogP contribution in [0.4, 0.5) is 0 Å². The summed E-state index contributed by atoms with van der Waals surface area (Å²) in [5.41, 5.74) is 4.67. The average Bonchev–Trinajstić information content (AvgIpc) is 2.61. The van der Waals surface area contributed by atoms with Gasteiger partial charge in [0.2, 0.25) is 21.8 Å². The van der Waals surface area contributed by atoms with Gasteiger partial charge in [-0.3, -0.25) is 20.2 Å². The summed E-state index contributed by atoms with van der Waals surface area (Å²) in [5, 5.41) is 9.08. The molecule has 0 aliphatic rings. The molecule has 0 spiro atoms. The Kier molecular flexibility index (Phi) is 9.13. The maximum absolute atomic E-state index is 12.5. The molecule has 0 fully saturated rings. The van der Waals surface area contributed by atoms with E-state index in [-0.39, 0.29) is 12.3 Å². The van der Waals surface area contributed by atoms with Crippen LogP contribution in [0.5, 0.6) is 0 Å². The van der Waals surface area contributed by atoms with Crippen molar-refractivity contribution in [2.75, 3.05) is 6.26 Å². The van der Waals surface area contributed by atoms with Gasteiger partial charge in [-0.1, -0.05) is 56.3 Å². The lowest BCUT2D eigenvalue weighted by Gasteiger charge is -2.25. The molecule has 2 amide bonds. The summed E-state index contributed by atoms with van der Waals surface area (Å²) in [6, 6.07) is 9.43. The van der Waals surface area contributed by atoms with Crippen LogP contribution in [0.3, 0.4) is 0 Å². The number of allylic oxidation sites excluding steroid dienone is 1. The first kappa shape index (κ1) is 22.8. The second kappa shape index (κ2) is 10.8. The van der Waals surface area contributed by atoms with Gasteiger partial charge in [0, 0.05) is 0 Å². The Bertz CT molecular complexity index is 748. The Morgan fingerprint density at radius 2 is 1.74 bits per heavy atom. The third kappa shape index (κ3) is 8.80. The lowest BCUT2D eigenvalue weighted by Crippen LogP contribution is -2.48. The third-order valence-corrected chi connectivity index (χ3v) is 4.33. The first-order valence-electron chi connectivity index (χ1n) is 8.56. The van der Waals surface area contributed by atoms with Gasteiger partial charge in [0.05, 0.1) is 18.1 Å². The topological polar surface area (TPSA) is 125 Å².